The Bertz CT molecular complexity index is 339. The number of carbonyl (C=O) groups excluding carboxylic acids is 1. The highest BCUT2D eigenvalue weighted by Gasteiger charge is 2.11. The first-order valence-electron chi connectivity index (χ1n) is 4.20. The topological polar surface area (TPSA) is 26.3 Å². The molecule has 4 heteroatoms. The summed E-state index contributed by atoms with van der Waals surface area (Å²) in [6.45, 7) is 0.827. The van der Waals surface area contributed by atoms with Gasteiger partial charge in [-0.3, -0.25) is 4.79 Å². The van der Waals surface area contributed by atoms with Gasteiger partial charge in [0.2, 0.25) is 6.86 Å². The summed E-state index contributed by atoms with van der Waals surface area (Å²) in [6, 6.07) is 4.92. The van der Waals surface area contributed by atoms with Crippen LogP contribution in [0.1, 0.15) is 23.7 Å². The quantitative estimate of drug-likeness (QED) is 0.777. The van der Waals surface area contributed by atoms with Gasteiger partial charge >= 0.3 is 0 Å². The minimum atomic E-state index is -0.925. The summed E-state index contributed by atoms with van der Waals surface area (Å²) in [6.07, 6.45) is 0.374. The third-order valence-corrected chi connectivity index (χ3v) is 2.27. The zero-order valence-electron chi connectivity index (χ0n) is 7.72. The Morgan fingerprint density at radius 3 is 2.86 bits per heavy atom. The van der Waals surface area contributed by atoms with Gasteiger partial charge < -0.3 is 4.74 Å². The second-order valence-electron chi connectivity index (χ2n) is 2.67. The number of rotatable bonds is 4. The molecule has 0 fully saturated rings. The maximum atomic E-state index is 12.0. The summed E-state index contributed by atoms with van der Waals surface area (Å²) in [5, 5.41) is 0. The summed E-state index contributed by atoms with van der Waals surface area (Å²) < 4.78 is 17.5. The van der Waals surface area contributed by atoms with Gasteiger partial charge in [-0.25, -0.2) is 4.39 Å². The van der Waals surface area contributed by atoms with Gasteiger partial charge in [-0.05, 0) is 18.2 Å². The fourth-order valence-corrected chi connectivity index (χ4v) is 1.46. The fourth-order valence-electron chi connectivity index (χ4n) is 1.10. The van der Waals surface area contributed by atoms with Gasteiger partial charge in [-0.15, -0.1) is 0 Å². The number of benzene rings is 1. The molecule has 0 saturated carbocycles. The molecule has 0 saturated heterocycles. The molecule has 0 amide bonds. The van der Waals surface area contributed by atoms with E-state index in [2.05, 4.69) is 15.9 Å². The summed E-state index contributed by atoms with van der Waals surface area (Å²) in [4.78, 5) is 11.4. The van der Waals surface area contributed by atoms with Crippen LogP contribution in [0.4, 0.5) is 4.39 Å². The molecule has 0 unspecified atom stereocenters. The molecular formula is C10H10BrFO2. The number of Topliss-reactive ketones (excluding diaryl/α,β-unsaturated/α-hetero) is 1. The third kappa shape index (κ3) is 2.54. The van der Waals surface area contributed by atoms with Crippen molar-refractivity contribution in [2.45, 2.75) is 13.3 Å². The molecule has 0 bridgehead atoms. The van der Waals surface area contributed by atoms with Crippen molar-refractivity contribution < 1.29 is 13.9 Å². The van der Waals surface area contributed by atoms with Crippen LogP contribution in [0, 0.1) is 0 Å². The van der Waals surface area contributed by atoms with Gasteiger partial charge in [0.15, 0.2) is 5.78 Å². The van der Waals surface area contributed by atoms with Gasteiger partial charge in [-0.2, -0.15) is 0 Å². The fraction of sp³-hybridized carbons (Fsp3) is 0.300. The van der Waals surface area contributed by atoms with E-state index in [1.165, 1.54) is 0 Å². The lowest BCUT2D eigenvalue weighted by molar-refractivity contribution is 0.0981. The van der Waals surface area contributed by atoms with Crippen LogP contribution in [0.2, 0.25) is 0 Å². The Kier molecular flexibility index (Phi) is 4.07. The minimum Gasteiger partial charge on any atom is -0.462 e. The molecule has 0 N–H and O–H groups in total. The Morgan fingerprint density at radius 2 is 2.29 bits per heavy atom. The van der Waals surface area contributed by atoms with Gasteiger partial charge in [-0.1, -0.05) is 22.9 Å². The van der Waals surface area contributed by atoms with Crippen molar-refractivity contribution in [2.24, 2.45) is 0 Å². The van der Waals surface area contributed by atoms with E-state index in [4.69, 9.17) is 4.74 Å². The van der Waals surface area contributed by atoms with Crippen LogP contribution in [0.3, 0.4) is 0 Å². The normalized spacial score (nSPS) is 9.93. The van der Waals surface area contributed by atoms with E-state index in [-0.39, 0.29) is 5.78 Å². The summed E-state index contributed by atoms with van der Waals surface area (Å²) >= 11 is 3.24. The molecule has 1 aromatic rings. The van der Waals surface area contributed by atoms with Crippen LogP contribution in [0.25, 0.3) is 0 Å². The highest BCUT2D eigenvalue weighted by atomic mass is 79.9. The zero-order valence-corrected chi connectivity index (χ0v) is 9.30. The average molecular weight is 261 g/mol. The SMILES string of the molecule is CCC(=O)c1cc(Br)ccc1OCF. The Balaban J connectivity index is 3.08. The minimum absolute atomic E-state index is 0.0604. The second-order valence-corrected chi connectivity index (χ2v) is 3.59. The van der Waals surface area contributed by atoms with Crippen molar-refractivity contribution in [3.8, 4) is 5.75 Å². The molecule has 76 valence electrons. The van der Waals surface area contributed by atoms with E-state index in [0.29, 0.717) is 17.7 Å². The Labute approximate surface area is 90.2 Å². The summed E-state index contributed by atoms with van der Waals surface area (Å²) in [5.41, 5.74) is 0.416. The van der Waals surface area contributed by atoms with Crippen LogP contribution in [-0.2, 0) is 0 Å². The molecule has 14 heavy (non-hydrogen) atoms. The first kappa shape index (κ1) is 11.2. The van der Waals surface area contributed by atoms with Crippen LogP contribution in [-0.4, -0.2) is 12.6 Å². The lowest BCUT2D eigenvalue weighted by Gasteiger charge is -2.07. The second kappa shape index (κ2) is 5.10. The number of hydrogen-bond acceptors (Lipinski definition) is 2. The number of alkyl halides is 1. The van der Waals surface area contributed by atoms with Crippen molar-refractivity contribution in [1.29, 1.82) is 0 Å². The van der Waals surface area contributed by atoms with E-state index in [0.717, 1.165) is 4.47 Å². The summed E-state index contributed by atoms with van der Waals surface area (Å²) in [7, 11) is 0. The molecule has 0 atom stereocenters. The molecule has 0 heterocycles. The smallest absolute Gasteiger partial charge is 0.228 e. The van der Waals surface area contributed by atoms with Crippen LogP contribution in [0.5, 0.6) is 5.75 Å². The molecule has 0 aliphatic heterocycles. The van der Waals surface area contributed by atoms with E-state index in [1.807, 2.05) is 0 Å². The molecule has 0 spiro atoms. The van der Waals surface area contributed by atoms with Crippen LogP contribution >= 0.6 is 15.9 Å². The highest BCUT2D eigenvalue weighted by Crippen LogP contribution is 2.24. The van der Waals surface area contributed by atoms with Crippen molar-refractivity contribution in [1.82, 2.24) is 0 Å². The molecule has 0 aliphatic carbocycles. The van der Waals surface area contributed by atoms with E-state index in [9.17, 15) is 9.18 Å². The van der Waals surface area contributed by atoms with Crippen LogP contribution < -0.4 is 4.74 Å². The molecular weight excluding hydrogens is 251 g/mol. The zero-order chi connectivity index (χ0) is 10.6. The number of halogens is 2. The molecule has 1 rings (SSSR count). The summed E-state index contributed by atoms with van der Waals surface area (Å²) in [5.74, 6) is 0.234. The molecule has 1 aromatic carbocycles. The van der Waals surface area contributed by atoms with E-state index < -0.39 is 6.86 Å². The lowest BCUT2D eigenvalue weighted by atomic mass is 10.1. The number of carbonyl (C=O) groups is 1. The van der Waals surface area contributed by atoms with Gasteiger partial charge in [0.25, 0.3) is 0 Å². The third-order valence-electron chi connectivity index (χ3n) is 1.77. The molecule has 2 nitrogen and oxygen atoms in total. The van der Waals surface area contributed by atoms with E-state index in [1.54, 1.807) is 25.1 Å². The van der Waals surface area contributed by atoms with Gasteiger partial charge in [0.05, 0.1) is 5.56 Å². The van der Waals surface area contributed by atoms with Gasteiger partial charge in [0.1, 0.15) is 5.75 Å². The predicted octanol–water partition coefficient (Wildman–Crippen LogP) is 3.35. The highest BCUT2D eigenvalue weighted by molar-refractivity contribution is 9.10. The van der Waals surface area contributed by atoms with Crippen molar-refractivity contribution >= 4 is 21.7 Å². The Morgan fingerprint density at radius 1 is 1.57 bits per heavy atom. The van der Waals surface area contributed by atoms with Crippen molar-refractivity contribution in [3.05, 3.63) is 28.2 Å². The molecule has 0 radical (unpaired) electrons. The maximum absolute atomic E-state index is 12.0. The van der Waals surface area contributed by atoms with E-state index >= 15 is 0 Å². The Hall–Kier alpha value is -0.900. The number of ketones is 1. The lowest BCUT2D eigenvalue weighted by Crippen LogP contribution is -2.02. The monoisotopic (exact) mass is 260 g/mol. The molecule has 0 aromatic heterocycles. The molecule has 0 aliphatic rings. The van der Waals surface area contributed by atoms with Crippen LogP contribution in [0.15, 0.2) is 22.7 Å². The first-order chi connectivity index (χ1) is 6.69. The predicted molar refractivity (Wildman–Crippen MR) is 55.4 cm³/mol. The van der Waals surface area contributed by atoms with Crippen molar-refractivity contribution in [2.75, 3.05) is 6.86 Å². The number of ether oxygens (including phenoxy) is 1. The standard InChI is InChI=1S/C10H10BrFO2/c1-2-9(13)8-5-7(11)3-4-10(8)14-6-12/h3-5H,2,6H2,1H3. The largest absolute Gasteiger partial charge is 0.462 e. The van der Waals surface area contributed by atoms with Crippen molar-refractivity contribution in [3.63, 3.8) is 0 Å². The number of hydrogen-bond donors (Lipinski definition) is 0. The van der Waals surface area contributed by atoms with Gasteiger partial charge in [0, 0.05) is 10.9 Å². The maximum Gasteiger partial charge on any atom is 0.228 e. The average Bonchev–Trinajstić information content (AvgIpc) is 2.20. The first-order valence-corrected chi connectivity index (χ1v) is 4.99.